The summed E-state index contributed by atoms with van der Waals surface area (Å²) in [6.07, 6.45) is 0.455. The van der Waals surface area contributed by atoms with E-state index in [1.54, 1.807) is 6.92 Å². The minimum Gasteiger partial charge on any atom is -0.393 e. The van der Waals surface area contributed by atoms with Crippen LogP contribution in [0.2, 0.25) is 0 Å². The van der Waals surface area contributed by atoms with Crippen molar-refractivity contribution < 1.29 is 9.84 Å². The normalized spacial score (nSPS) is 13.9. The van der Waals surface area contributed by atoms with Crippen LogP contribution in [0.1, 0.15) is 13.3 Å². The average Bonchev–Trinajstić information content (AvgIpc) is 1.66. The largest absolute Gasteiger partial charge is 0.393 e. The molecule has 0 bridgehead atoms. The van der Waals surface area contributed by atoms with Gasteiger partial charge in [-0.15, -0.1) is 0 Å². The van der Waals surface area contributed by atoms with Crippen molar-refractivity contribution >= 4 is 0 Å². The van der Waals surface area contributed by atoms with Crippen molar-refractivity contribution in [2.75, 3.05) is 13.2 Å². The van der Waals surface area contributed by atoms with Crippen molar-refractivity contribution in [2.45, 2.75) is 19.4 Å². The molecule has 2 heteroatoms. The average molecular weight is 117 g/mol. The van der Waals surface area contributed by atoms with Gasteiger partial charge in [0.25, 0.3) is 0 Å². The van der Waals surface area contributed by atoms with Crippen molar-refractivity contribution in [3.8, 4) is 0 Å². The molecule has 0 aromatic heterocycles. The lowest BCUT2D eigenvalue weighted by molar-refractivity contribution is 0.104. The Kier molecular flexibility index (Phi) is 5.01. The highest BCUT2D eigenvalue weighted by Gasteiger charge is 1.92. The second-order valence-electron chi connectivity index (χ2n) is 1.75. The summed E-state index contributed by atoms with van der Waals surface area (Å²) in [5.74, 6) is 0. The Morgan fingerprint density at radius 2 is 2.38 bits per heavy atom. The fourth-order valence-corrected chi connectivity index (χ4v) is 0.356. The zero-order valence-corrected chi connectivity index (χ0v) is 5.26. The monoisotopic (exact) mass is 117 g/mol. The Labute approximate surface area is 50.5 Å². The molecule has 0 aliphatic rings. The lowest BCUT2D eigenvalue weighted by atomic mass is 10.3. The molecule has 1 radical (unpaired) electrons. The van der Waals surface area contributed by atoms with Crippen molar-refractivity contribution in [3.63, 3.8) is 0 Å². The van der Waals surface area contributed by atoms with E-state index in [1.807, 2.05) is 0 Å². The molecular formula is C6H13O2. The minimum atomic E-state index is -0.249. The highest BCUT2D eigenvalue weighted by molar-refractivity contribution is 4.44. The number of rotatable bonds is 4. The highest BCUT2D eigenvalue weighted by atomic mass is 16.5. The number of aliphatic hydroxyl groups excluding tert-OH is 1. The summed E-state index contributed by atoms with van der Waals surface area (Å²) in [7, 11) is 0. The first-order valence-electron chi connectivity index (χ1n) is 2.82. The number of ether oxygens (including phenoxy) is 1. The first-order chi connectivity index (χ1) is 3.77. The Balaban J connectivity index is 2.72. The second-order valence-corrected chi connectivity index (χ2v) is 1.75. The molecule has 8 heavy (non-hydrogen) atoms. The summed E-state index contributed by atoms with van der Waals surface area (Å²) in [4.78, 5) is 0. The second kappa shape index (κ2) is 5.06. The third-order valence-corrected chi connectivity index (χ3v) is 0.824. The number of hydrogen-bond acceptors (Lipinski definition) is 2. The van der Waals surface area contributed by atoms with Crippen LogP contribution in [-0.4, -0.2) is 24.4 Å². The summed E-state index contributed by atoms with van der Waals surface area (Å²) >= 11 is 0. The molecule has 0 spiro atoms. The van der Waals surface area contributed by atoms with Crippen LogP contribution in [0, 0.1) is 6.92 Å². The third kappa shape index (κ3) is 5.92. The van der Waals surface area contributed by atoms with Gasteiger partial charge in [-0.05, 0) is 20.3 Å². The lowest BCUT2D eigenvalue weighted by Crippen LogP contribution is -2.04. The van der Waals surface area contributed by atoms with Crippen LogP contribution in [-0.2, 0) is 4.74 Å². The van der Waals surface area contributed by atoms with Gasteiger partial charge in [0.2, 0.25) is 0 Å². The lowest BCUT2D eigenvalue weighted by Gasteiger charge is -2.01. The van der Waals surface area contributed by atoms with Gasteiger partial charge in [0.1, 0.15) is 0 Å². The summed E-state index contributed by atoms with van der Waals surface area (Å²) in [6.45, 7) is 6.33. The topological polar surface area (TPSA) is 29.5 Å². The van der Waals surface area contributed by atoms with E-state index in [2.05, 4.69) is 6.92 Å². The highest BCUT2D eigenvalue weighted by Crippen LogP contribution is 1.88. The Hall–Kier alpha value is -0.0800. The minimum absolute atomic E-state index is 0.249. The maximum atomic E-state index is 8.68. The van der Waals surface area contributed by atoms with Crippen LogP contribution >= 0.6 is 0 Å². The van der Waals surface area contributed by atoms with Crippen molar-refractivity contribution in [1.29, 1.82) is 0 Å². The predicted octanol–water partition coefficient (Wildman–Crippen LogP) is 0.608. The molecule has 0 saturated carbocycles. The standard InChI is InChI=1S/C6H13O2/c1-3-8-5-4-6(2)7/h6-7H,1,3-5H2,2H3. The van der Waals surface area contributed by atoms with Crippen molar-refractivity contribution in [2.24, 2.45) is 0 Å². The molecule has 0 amide bonds. The van der Waals surface area contributed by atoms with Gasteiger partial charge >= 0.3 is 0 Å². The van der Waals surface area contributed by atoms with Crippen LogP contribution in [0.3, 0.4) is 0 Å². The molecular weight excluding hydrogens is 104 g/mol. The third-order valence-electron chi connectivity index (χ3n) is 0.824. The van der Waals surface area contributed by atoms with Crippen LogP contribution in [0.15, 0.2) is 0 Å². The number of aliphatic hydroxyl groups is 1. The molecule has 0 aliphatic heterocycles. The maximum absolute atomic E-state index is 8.68. The Morgan fingerprint density at radius 3 is 2.75 bits per heavy atom. The molecule has 49 valence electrons. The van der Waals surface area contributed by atoms with E-state index in [0.717, 1.165) is 0 Å². The smallest absolute Gasteiger partial charge is 0.0534 e. The molecule has 0 fully saturated rings. The molecule has 0 saturated heterocycles. The van der Waals surface area contributed by atoms with E-state index in [9.17, 15) is 0 Å². The van der Waals surface area contributed by atoms with Gasteiger partial charge in [-0.25, -0.2) is 0 Å². The zero-order chi connectivity index (χ0) is 6.41. The Bertz CT molecular complexity index is 43.8. The van der Waals surface area contributed by atoms with E-state index in [1.165, 1.54) is 0 Å². The van der Waals surface area contributed by atoms with Crippen LogP contribution in [0.4, 0.5) is 0 Å². The predicted molar refractivity (Wildman–Crippen MR) is 32.5 cm³/mol. The summed E-state index contributed by atoms with van der Waals surface area (Å²) in [5, 5.41) is 8.68. The first kappa shape index (κ1) is 7.92. The number of hydrogen-bond donors (Lipinski definition) is 1. The maximum Gasteiger partial charge on any atom is 0.0534 e. The summed E-state index contributed by atoms with van der Waals surface area (Å²) in [6, 6.07) is 0. The fraction of sp³-hybridized carbons (Fsp3) is 0.833. The molecule has 0 aliphatic carbocycles. The van der Waals surface area contributed by atoms with Gasteiger partial charge in [-0.3, -0.25) is 0 Å². The van der Waals surface area contributed by atoms with E-state index in [0.29, 0.717) is 19.6 Å². The molecule has 2 nitrogen and oxygen atoms in total. The Morgan fingerprint density at radius 1 is 1.75 bits per heavy atom. The van der Waals surface area contributed by atoms with Crippen LogP contribution in [0.25, 0.3) is 0 Å². The molecule has 1 atom stereocenters. The van der Waals surface area contributed by atoms with Crippen molar-refractivity contribution in [3.05, 3.63) is 6.92 Å². The van der Waals surface area contributed by atoms with Gasteiger partial charge in [-0.1, -0.05) is 0 Å². The molecule has 0 aromatic rings. The van der Waals surface area contributed by atoms with Gasteiger partial charge in [-0.2, -0.15) is 0 Å². The van der Waals surface area contributed by atoms with E-state index < -0.39 is 0 Å². The van der Waals surface area contributed by atoms with Gasteiger partial charge < -0.3 is 9.84 Å². The molecule has 1 unspecified atom stereocenters. The fourth-order valence-electron chi connectivity index (χ4n) is 0.356. The van der Waals surface area contributed by atoms with E-state index in [4.69, 9.17) is 9.84 Å². The van der Waals surface area contributed by atoms with Gasteiger partial charge in [0.15, 0.2) is 0 Å². The summed E-state index contributed by atoms with van der Waals surface area (Å²) in [5.41, 5.74) is 0. The molecule has 0 aromatic carbocycles. The van der Waals surface area contributed by atoms with E-state index >= 15 is 0 Å². The molecule has 0 rings (SSSR count). The van der Waals surface area contributed by atoms with Crippen LogP contribution in [0.5, 0.6) is 0 Å². The van der Waals surface area contributed by atoms with Crippen molar-refractivity contribution in [1.82, 2.24) is 0 Å². The van der Waals surface area contributed by atoms with Gasteiger partial charge in [0.05, 0.1) is 6.10 Å². The SMILES string of the molecule is [CH2]COCCC(C)O. The van der Waals surface area contributed by atoms with E-state index in [-0.39, 0.29) is 6.10 Å². The zero-order valence-electron chi connectivity index (χ0n) is 5.26. The first-order valence-corrected chi connectivity index (χ1v) is 2.82. The summed E-state index contributed by atoms with van der Waals surface area (Å²) < 4.78 is 4.87. The molecule has 0 heterocycles. The quantitative estimate of drug-likeness (QED) is 0.546. The van der Waals surface area contributed by atoms with Crippen LogP contribution < -0.4 is 0 Å². The van der Waals surface area contributed by atoms with Gasteiger partial charge in [0, 0.05) is 13.2 Å². The molecule has 1 N–H and O–H groups in total.